The maximum absolute atomic E-state index is 12.2. The minimum Gasteiger partial charge on any atom is -0.465 e. The molecule has 0 aliphatic carbocycles. The highest BCUT2D eigenvalue weighted by Gasteiger charge is 2.57. The third kappa shape index (κ3) is 4.60. The number of pyridine rings is 1. The van der Waals surface area contributed by atoms with Crippen molar-refractivity contribution in [2.45, 2.75) is 64.6 Å². The Balaban J connectivity index is 2.04. The van der Waals surface area contributed by atoms with Gasteiger partial charge in [-0.25, -0.2) is 4.79 Å². The number of nitrogens with zero attached hydrogens (tertiary/aromatic N) is 2. The van der Waals surface area contributed by atoms with E-state index in [2.05, 4.69) is 18.8 Å². The predicted octanol–water partition coefficient (Wildman–Crippen LogP) is 4.14. The van der Waals surface area contributed by atoms with Crippen molar-refractivity contribution in [3.8, 4) is 0 Å². The van der Waals surface area contributed by atoms with Crippen LogP contribution in [-0.4, -0.2) is 50.0 Å². The van der Waals surface area contributed by atoms with Gasteiger partial charge in [-0.1, -0.05) is 45.0 Å². The minimum absolute atomic E-state index is 0.242. The Morgan fingerprint density at radius 1 is 1.13 bits per heavy atom. The molecule has 2 aromatic rings. The summed E-state index contributed by atoms with van der Waals surface area (Å²) in [5, 5.41) is 31.7. The molecular weight excluding hydrogens is 392 g/mol. The second kappa shape index (κ2) is 8.24. The number of aliphatic hydroxyl groups is 2. The second-order valence-corrected chi connectivity index (χ2v) is 10.0. The van der Waals surface area contributed by atoms with E-state index < -0.39 is 22.7 Å². The molecule has 2 heterocycles. The molecule has 0 saturated carbocycles. The molecule has 1 aliphatic heterocycles. The van der Waals surface area contributed by atoms with Gasteiger partial charge in [-0.2, -0.15) is 0 Å². The van der Waals surface area contributed by atoms with E-state index in [1.54, 1.807) is 26.1 Å². The van der Waals surface area contributed by atoms with Crippen molar-refractivity contribution in [2.75, 3.05) is 13.1 Å². The van der Waals surface area contributed by atoms with Gasteiger partial charge < -0.3 is 20.2 Å². The van der Waals surface area contributed by atoms with E-state index in [-0.39, 0.29) is 13.1 Å². The fourth-order valence-corrected chi connectivity index (χ4v) is 4.41. The molecule has 3 rings (SSSR count). The number of aryl methyl sites for hydroxylation is 1. The van der Waals surface area contributed by atoms with Crippen LogP contribution in [0.3, 0.4) is 0 Å². The molecule has 1 aromatic heterocycles. The Labute approximate surface area is 184 Å². The van der Waals surface area contributed by atoms with Crippen LogP contribution in [0.2, 0.25) is 0 Å². The van der Waals surface area contributed by atoms with Crippen LogP contribution in [-0.2, 0) is 12.0 Å². The van der Waals surface area contributed by atoms with Gasteiger partial charge in [-0.05, 0) is 61.4 Å². The van der Waals surface area contributed by atoms with Crippen LogP contribution < -0.4 is 0 Å². The predicted molar refractivity (Wildman–Crippen MR) is 120 cm³/mol. The lowest BCUT2D eigenvalue weighted by Gasteiger charge is -2.55. The normalized spacial score (nSPS) is 17.9. The molecule has 0 spiro atoms. The molecule has 0 radical (unpaired) electrons. The molecule has 1 fully saturated rings. The first-order chi connectivity index (χ1) is 14.4. The summed E-state index contributed by atoms with van der Waals surface area (Å²) in [6.07, 6.45) is 1.84. The van der Waals surface area contributed by atoms with Crippen molar-refractivity contribution in [1.29, 1.82) is 0 Å². The highest BCUT2D eigenvalue weighted by Crippen LogP contribution is 2.50. The maximum Gasteiger partial charge on any atom is 0.407 e. The van der Waals surface area contributed by atoms with Crippen LogP contribution >= 0.6 is 0 Å². The average molecular weight is 427 g/mol. The summed E-state index contributed by atoms with van der Waals surface area (Å²) in [5.74, 6) is 0.373. The fourth-order valence-electron chi connectivity index (χ4n) is 4.41. The molecular formula is C25H34N2O4. The van der Waals surface area contributed by atoms with E-state index in [4.69, 9.17) is 0 Å². The first kappa shape index (κ1) is 23.2. The SMILES string of the molecule is CC(C)c1ccc([C@](O)(c2ccnc(CCC(C)(C)O)c2)C2(C)CN(C(=O)O)C2)cc1. The summed E-state index contributed by atoms with van der Waals surface area (Å²) in [4.78, 5) is 17.2. The number of likely N-dealkylation sites (tertiary alicyclic amines) is 1. The zero-order valence-electron chi connectivity index (χ0n) is 19.1. The molecule has 168 valence electrons. The van der Waals surface area contributed by atoms with Gasteiger partial charge in [-0.15, -0.1) is 0 Å². The van der Waals surface area contributed by atoms with Gasteiger partial charge in [0, 0.05) is 30.4 Å². The van der Waals surface area contributed by atoms with Gasteiger partial charge in [0.25, 0.3) is 0 Å². The van der Waals surface area contributed by atoms with Gasteiger partial charge in [0.2, 0.25) is 0 Å². The molecule has 1 atom stereocenters. The highest BCUT2D eigenvalue weighted by atomic mass is 16.4. The van der Waals surface area contributed by atoms with Crippen LogP contribution in [0.1, 0.15) is 69.3 Å². The fraction of sp³-hybridized carbons (Fsp3) is 0.520. The van der Waals surface area contributed by atoms with Crippen molar-refractivity contribution in [3.05, 3.63) is 65.0 Å². The lowest BCUT2D eigenvalue weighted by Crippen LogP contribution is -2.66. The lowest BCUT2D eigenvalue weighted by atomic mass is 9.62. The number of amides is 1. The summed E-state index contributed by atoms with van der Waals surface area (Å²) < 4.78 is 0. The van der Waals surface area contributed by atoms with Crippen molar-refractivity contribution in [3.63, 3.8) is 0 Å². The molecule has 6 heteroatoms. The van der Waals surface area contributed by atoms with Gasteiger partial charge in [-0.3, -0.25) is 4.98 Å². The summed E-state index contributed by atoms with van der Waals surface area (Å²) >= 11 is 0. The standard InChI is InChI=1S/C25H34N2O4/c1-17(2)18-6-8-19(9-7-18)25(31,24(5)15-27(16-24)22(28)29)20-11-13-26-21(14-20)10-12-23(3,4)30/h6-9,11,13-14,17,30-31H,10,12,15-16H2,1-5H3,(H,28,29)/t25-/m0/s1. The summed E-state index contributed by atoms with van der Waals surface area (Å²) in [6.45, 7) is 10.2. The summed E-state index contributed by atoms with van der Waals surface area (Å²) in [6, 6.07) is 11.6. The topological polar surface area (TPSA) is 93.9 Å². The Morgan fingerprint density at radius 2 is 1.74 bits per heavy atom. The van der Waals surface area contributed by atoms with E-state index in [0.717, 1.165) is 11.3 Å². The maximum atomic E-state index is 12.2. The Morgan fingerprint density at radius 3 is 2.26 bits per heavy atom. The first-order valence-corrected chi connectivity index (χ1v) is 10.8. The third-order valence-corrected chi connectivity index (χ3v) is 6.45. The first-order valence-electron chi connectivity index (χ1n) is 10.8. The minimum atomic E-state index is -1.37. The van der Waals surface area contributed by atoms with Gasteiger partial charge in [0.15, 0.2) is 0 Å². The molecule has 31 heavy (non-hydrogen) atoms. The number of carbonyl (C=O) groups is 1. The van der Waals surface area contributed by atoms with Gasteiger partial charge in [0.1, 0.15) is 5.60 Å². The monoisotopic (exact) mass is 426 g/mol. The lowest BCUT2D eigenvalue weighted by molar-refractivity contribution is -0.124. The average Bonchev–Trinajstić information content (AvgIpc) is 2.68. The van der Waals surface area contributed by atoms with Crippen molar-refractivity contribution < 1.29 is 20.1 Å². The number of carboxylic acid groups (broad SMARTS) is 1. The molecule has 0 unspecified atom stereocenters. The van der Waals surface area contributed by atoms with E-state index >= 15 is 0 Å². The van der Waals surface area contributed by atoms with Gasteiger partial charge in [0.05, 0.1) is 5.60 Å². The number of rotatable bonds is 7. The number of hydrogen-bond acceptors (Lipinski definition) is 4. The third-order valence-electron chi connectivity index (χ3n) is 6.45. The van der Waals surface area contributed by atoms with Crippen LogP contribution in [0.4, 0.5) is 4.79 Å². The van der Waals surface area contributed by atoms with Crippen LogP contribution in [0.5, 0.6) is 0 Å². The number of benzene rings is 1. The van der Waals surface area contributed by atoms with Gasteiger partial charge >= 0.3 is 6.09 Å². The van der Waals surface area contributed by atoms with E-state index in [9.17, 15) is 20.1 Å². The van der Waals surface area contributed by atoms with E-state index in [0.29, 0.717) is 24.3 Å². The zero-order valence-corrected chi connectivity index (χ0v) is 19.1. The van der Waals surface area contributed by atoms with Crippen molar-refractivity contribution in [2.24, 2.45) is 5.41 Å². The van der Waals surface area contributed by atoms with E-state index in [1.807, 2.05) is 37.3 Å². The summed E-state index contributed by atoms with van der Waals surface area (Å²) in [5.41, 5.74) is 0.540. The molecule has 1 amide bonds. The molecule has 0 bridgehead atoms. The Bertz CT molecular complexity index is 927. The molecule has 6 nitrogen and oxygen atoms in total. The van der Waals surface area contributed by atoms with E-state index in [1.165, 1.54) is 10.5 Å². The number of hydrogen-bond donors (Lipinski definition) is 3. The molecule has 1 aromatic carbocycles. The smallest absolute Gasteiger partial charge is 0.407 e. The van der Waals surface area contributed by atoms with Crippen LogP contribution in [0, 0.1) is 5.41 Å². The zero-order chi connectivity index (χ0) is 23.0. The highest BCUT2D eigenvalue weighted by molar-refractivity contribution is 5.67. The second-order valence-electron chi connectivity index (χ2n) is 10.0. The molecule has 1 aliphatic rings. The quantitative estimate of drug-likeness (QED) is 0.619. The van der Waals surface area contributed by atoms with Crippen LogP contribution in [0.25, 0.3) is 0 Å². The van der Waals surface area contributed by atoms with Crippen LogP contribution in [0.15, 0.2) is 42.6 Å². The summed E-state index contributed by atoms with van der Waals surface area (Å²) in [7, 11) is 0. The molecule has 3 N–H and O–H groups in total. The number of aromatic nitrogens is 1. The largest absolute Gasteiger partial charge is 0.465 e. The van der Waals surface area contributed by atoms with Crippen molar-refractivity contribution in [1.82, 2.24) is 9.88 Å². The Kier molecular flexibility index (Phi) is 6.18. The van der Waals surface area contributed by atoms with Crippen molar-refractivity contribution >= 4 is 6.09 Å². The Hall–Kier alpha value is -2.44. The molecule has 1 saturated heterocycles.